The first-order valence-electron chi connectivity index (χ1n) is 10.6. The van der Waals surface area contributed by atoms with Gasteiger partial charge in [0.05, 0.1) is 29.1 Å². The lowest BCUT2D eigenvalue weighted by Gasteiger charge is -2.26. The standard InChI is InChI=1S/C26H27Cl2N3O2/c1-31(2)24(19-12-6-8-14-21(19)27)17-29-25(32)16-23(18-10-4-3-5-11-18)30-26(33)20-13-7-9-15-22(20)28/h3-15,23-24H,16-17H2,1-2H3,(H,29,32)(H,30,33)/t23-,24-/m1/s1. The first-order chi connectivity index (χ1) is 15.9. The van der Waals surface area contributed by atoms with Crippen molar-refractivity contribution in [2.45, 2.75) is 18.5 Å². The van der Waals surface area contributed by atoms with Crippen molar-refractivity contribution in [1.29, 1.82) is 0 Å². The lowest BCUT2D eigenvalue weighted by atomic mass is 10.0. The number of carbonyl (C=O) groups excluding carboxylic acids is 2. The van der Waals surface area contributed by atoms with Gasteiger partial charge in [-0.25, -0.2) is 0 Å². The Morgan fingerprint density at radius 1 is 0.848 bits per heavy atom. The summed E-state index contributed by atoms with van der Waals surface area (Å²) in [5.74, 6) is -0.508. The maximum Gasteiger partial charge on any atom is 0.253 e. The van der Waals surface area contributed by atoms with Crippen LogP contribution in [0.2, 0.25) is 10.0 Å². The summed E-state index contributed by atoms with van der Waals surface area (Å²) in [5, 5.41) is 6.97. The number of rotatable bonds is 9. The van der Waals surface area contributed by atoms with Gasteiger partial charge in [-0.15, -0.1) is 0 Å². The van der Waals surface area contributed by atoms with E-state index in [1.807, 2.05) is 73.6 Å². The minimum absolute atomic E-state index is 0.0862. The van der Waals surface area contributed by atoms with Crippen molar-refractivity contribution in [3.05, 3.63) is 106 Å². The summed E-state index contributed by atoms with van der Waals surface area (Å²) in [6.07, 6.45) is 0.0862. The summed E-state index contributed by atoms with van der Waals surface area (Å²) in [5.41, 5.74) is 2.14. The predicted octanol–water partition coefficient (Wildman–Crippen LogP) is 5.27. The number of carbonyl (C=O) groups is 2. The molecule has 0 heterocycles. The highest BCUT2D eigenvalue weighted by Crippen LogP contribution is 2.26. The minimum atomic E-state index is -0.506. The highest BCUT2D eigenvalue weighted by atomic mass is 35.5. The van der Waals surface area contributed by atoms with Crippen molar-refractivity contribution < 1.29 is 9.59 Å². The highest BCUT2D eigenvalue weighted by molar-refractivity contribution is 6.33. The fraction of sp³-hybridized carbons (Fsp3) is 0.231. The van der Waals surface area contributed by atoms with Gasteiger partial charge in [-0.3, -0.25) is 9.59 Å². The van der Waals surface area contributed by atoms with Crippen molar-refractivity contribution in [2.75, 3.05) is 20.6 Å². The number of nitrogens with zero attached hydrogens (tertiary/aromatic N) is 1. The van der Waals surface area contributed by atoms with Gasteiger partial charge in [-0.05, 0) is 43.4 Å². The molecule has 0 fully saturated rings. The number of hydrogen-bond donors (Lipinski definition) is 2. The van der Waals surface area contributed by atoms with Crippen molar-refractivity contribution >= 4 is 35.0 Å². The number of hydrogen-bond acceptors (Lipinski definition) is 3. The minimum Gasteiger partial charge on any atom is -0.354 e. The normalized spacial score (nSPS) is 12.8. The van der Waals surface area contributed by atoms with Gasteiger partial charge in [-0.2, -0.15) is 0 Å². The van der Waals surface area contributed by atoms with Crippen molar-refractivity contribution in [3.63, 3.8) is 0 Å². The van der Waals surface area contributed by atoms with Crippen LogP contribution < -0.4 is 10.6 Å². The molecule has 0 radical (unpaired) electrons. The van der Waals surface area contributed by atoms with Gasteiger partial charge in [0.15, 0.2) is 0 Å². The van der Waals surface area contributed by atoms with E-state index in [4.69, 9.17) is 23.2 Å². The van der Waals surface area contributed by atoms with Crippen LogP contribution in [0.1, 0.15) is 40.0 Å². The van der Waals surface area contributed by atoms with Crippen LogP contribution in [0.25, 0.3) is 0 Å². The van der Waals surface area contributed by atoms with E-state index >= 15 is 0 Å². The second-order valence-electron chi connectivity index (χ2n) is 7.93. The van der Waals surface area contributed by atoms with E-state index in [0.29, 0.717) is 22.2 Å². The number of nitrogens with one attached hydrogen (secondary N) is 2. The molecule has 0 aromatic heterocycles. The molecule has 172 valence electrons. The molecule has 2 N–H and O–H groups in total. The lowest BCUT2D eigenvalue weighted by Crippen LogP contribution is -2.37. The van der Waals surface area contributed by atoms with Crippen molar-refractivity contribution in [3.8, 4) is 0 Å². The quantitative estimate of drug-likeness (QED) is 0.435. The summed E-state index contributed by atoms with van der Waals surface area (Å²) in [7, 11) is 3.88. The Morgan fingerprint density at radius 2 is 1.45 bits per heavy atom. The molecule has 2 atom stereocenters. The average Bonchev–Trinajstić information content (AvgIpc) is 2.80. The Morgan fingerprint density at radius 3 is 2.09 bits per heavy atom. The van der Waals surface area contributed by atoms with Crippen LogP contribution in [0.4, 0.5) is 0 Å². The molecular formula is C26H27Cl2N3O2. The molecule has 0 saturated heterocycles. The van der Waals surface area contributed by atoms with E-state index in [1.54, 1.807) is 24.3 Å². The van der Waals surface area contributed by atoms with Gasteiger partial charge in [0, 0.05) is 11.6 Å². The van der Waals surface area contributed by atoms with Crippen LogP contribution in [0.15, 0.2) is 78.9 Å². The smallest absolute Gasteiger partial charge is 0.253 e. The fourth-order valence-corrected chi connectivity index (χ4v) is 4.09. The second kappa shape index (κ2) is 11.8. The molecule has 3 rings (SSSR count). The molecule has 0 spiro atoms. The zero-order valence-corrected chi connectivity index (χ0v) is 20.1. The largest absolute Gasteiger partial charge is 0.354 e. The zero-order valence-electron chi connectivity index (χ0n) is 18.6. The molecule has 0 aliphatic heterocycles. The van der Waals surface area contributed by atoms with E-state index in [1.165, 1.54) is 0 Å². The van der Waals surface area contributed by atoms with Gasteiger partial charge in [-0.1, -0.05) is 83.9 Å². The van der Waals surface area contributed by atoms with Crippen LogP contribution in [0.3, 0.4) is 0 Å². The first kappa shape index (κ1) is 24.8. The Bertz CT molecular complexity index is 1090. The lowest BCUT2D eigenvalue weighted by molar-refractivity contribution is -0.121. The van der Waals surface area contributed by atoms with Crippen LogP contribution >= 0.6 is 23.2 Å². The van der Waals surface area contributed by atoms with Crippen molar-refractivity contribution in [1.82, 2.24) is 15.5 Å². The van der Waals surface area contributed by atoms with Crippen molar-refractivity contribution in [2.24, 2.45) is 0 Å². The third kappa shape index (κ3) is 6.81. The summed E-state index contributed by atoms with van der Waals surface area (Å²) >= 11 is 12.6. The van der Waals surface area contributed by atoms with Crippen LogP contribution in [0, 0.1) is 0 Å². The fourth-order valence-electron chi connectivity index (χ4n) is 3.60. The molecule has 0 aliphatic carbocycles. The summed E-state index contributed by atoms with van der Waals surface area (Å²) in [6, 6.07) is 23.3. The van der Waals surface area contributed by atoms with Crippen LogP contribution in [-0.2, 0) is 4.79 Å². The Balaban J connectivity index is 1.72. The molecule has 3 aromatic carbocycles. The maximum atomic E-state index is 12.9. The van der Waals surface area contributed by atoms with Crippen LogP contribution in [-0.4, -0.2) is 37.4 Å². The molecule has 0 unspecified atom stereocenters. The number of halogens is 2. The van der Waals surface area contributed by atoms with Crippen LogP contribution in [0.5, 0.6) is 0 Å². The van der Waals surface area contributed by atoms with Gasteiger partial charge < -0.3 is 15.5 Å². The Hall–Kier alpha value is -2.86. The molecule has 5 nitrogen and oxygen atoms in total. The van der Waals surface area contributed by atoms with E-state index in [-0.39, 0.29) is 24.3 Å². The highest BCUT2D eigenvalue weighted by Gasteiger charge is 2.22. The summed E-state index contributed by atoms with van der Waals surface area (Å²) in [6.45, 7) is 0.384. The third-order valence-corrected chi connectivity index (χ3v) is 6.07. The van der Waals surface area contributed by atoms with E-state index < -0.39 is 6.04 Å². The SMILES string of the molecule is CN(C)[C@H](CNC(=O)C[C@@H](NC(=O)c1ccccc1Cl)c1ccccc1)c1ccccc1Cl. The van der Waals surface area contributed by atoms with Gasteiger partial charge >= 0.3 is 0 Å². The molecule has 0 saturated carbocycles. The van der Waals surface area contributed by atoms with Gasteiger partial charge in [0.2, 0.25) is 5.91 Å². The van der Waals surface area contributed by atoms with E-state index in [0.717, 1.165) is 11.1 Å². The maximum absolute atomic E-state index is 12.9. The molecule has 0 bridgehead atoms. The second-order valence-corrected chi connectivity index (χ2v) is 8.74. The molecule has 33 heavy (non-hydrogen) atoms. The van der Waals surface area contributed by atoms with E-state index in [9.17, 15) is 9.59 Å². The Kier molecular flexibility index (Phi) is 8.89. The molecule has 3 aromatic rings. The topological polar surface area (TPSA) is 61.4 Å². The van der Waals surface area contributed by atoms with E-state index in [2.05, 4.69) is 10.6 Å². The summed E-state index contributed by atoms with van der Waals surface area (Å²) < 4.78 is 0. The zero-order chi connectivity index (χ0) is 23.8. The number of likely N-dealkylation sites (N-methyl/N-ethyl adjacent to an activating group) is 1. The van der Waals surface area contributed by atoms with Gasteiger partial charge in [0.1, 0.15) is 0 Å². The molecule has 7 heteroatoms. The predicted molar refractivity (Wildman–Crippen MR) is 134 cm³/mol. The number of benzene rings is 3. The first-order valence-corrected chi connectivity index (χ1v) is 11.4. The average molecular weight is 484 g/mol. The Labute approximate surface area is 204 Å². The van der Waals surface area contributed by atoms with Gasteiger partial charge in [0.25, 0.3) is 5.91 Å². The summed E-state index contributed by atoms with van der Waals surface area (Å²) in [4.78, 5) is 27.8. The number of amides is 2. The molecular weight excluding hydrogens is 457 g/mol. The molecule has 2 amide bonds. The third-order valence-electron chi connectivity index (χ3n) is 5.40. The molecule has 0 aliphatic rings. The monoisotopic (exact) mass is 483 g/mol.